The molecule has 0 atom stereocenters. The molecule has 3 rings (SSSR count). The number of fused-ring (bicyclic) bond motifs is 1. The van der Waals surface area contributed by atoms with E-state index >= 15 is 0 Å². The second-order valence-corrected chi connectivity index (χ2v) is 7.69. The quantitative estimate of drug-likeness (QED) is 0.696. The maximum atomic E-state index is 12.2. The third-order valence-corrected chi connectivity index (χ3v) is 5.67. The van der Waals surface area contributed by atoms with Crippen LogP contribution >= 0.6 is 0 Å². The van der Waals surface area contributed by atoms with E-state index < -0.39 is 10.0 Å². The Morgan fingerprint density at radius 1 is 1.12 bits per heavy atom. The van der Waals surface area contributed by atoms with Crippen molar-refractivity contribution in [1.29, 1.82) is 0 Å². The predicted octanol–water partition coefficient (Wildman–Crippen LogP) is 3.07. The summed E-state index contributed by atoms with van der Waals surface area (Å²) in [7, 11) is -0.493. The molecule has 6 nitrogen and oxygen atoms in total. The molecule has 0 amide bonds. The Kier molecular flexibility index (Phi) is 5.11. The average Bonchev–Trinajstić information content (AvgIpc) is 2.65. The molecule has 136 valence electrons. The highest BCUT2D eigenvalue weighted by Crippen LogP contribution is 2.30. The normalized spacial score (nSPS) is 11.5. The molecule has 0 aliphatic heterocycles. The van der Waals surface area contributed by atoms with Crippen LogP contribution in [0.2, 0.25) is 0 Å². The minimum Gasteiger partial charge on any atom is -0.494 e. The van der Waals surface area contributed by atoms with Crippen LogP contribution in [0.25, 0.3) is 10.9 Å². The predicted molar refractivity (Wildman–Crippen MR) is 103 cm³/mol. The molecule has 26 heavy (non-hydrogen) atoms. The number of pyridine rings is 1. The summed E-state index contributed by atoms with van der Waals surface area (Å²) in [6.07, 6.45) is 0. The van der Waals surface area contributed by atoms with Gasteiger partial charge in [0.15, 0.2) is 0 Å². The average molecular weight is 371 g/mol. The Labute approximate surface area is 153 Å². The van der Waals surface area contributed by atoms with Gasteiger partial charge in [0.1, 0.15) is 11.3 Å². The largest absolute Gasteiger partial charge is 0.494 e. The van der Waals surface area contributed by atoms with E-state index in [0.29, 0.717) is 17.9 Å². The first kappa shape index (κ1) is 18.2. The Morgan fingerprint density at radius 3 is 2.62 bits per heavy atom. The summed E-state index contributed by atoms with van der Waals surface area (Å²) >= 11 is 0. The molecule has 0 bridgehead atoms. The number of rotatable bonds is 6. The minimum absolute atomic E-state index is 0.266. The number of aryl methyl sites for hydroxylation is 1. The van der Waals surface area contributed by atoms with E-state index in [-0.39, 0.29) is 4.90 Å². The first-order chi connectivity index (χ1) is 12.5. The highest BCUT2D eigenvalue weighted by Gasteiger charge is 2.16. The van der Waals surface area contributed by atoms with E-state index in [1.807, 2.05) is 37.3 Å². The molecule has 2 aromatic carbocycles. The Hall–Kier alpha value is -2.64. The van der Waals surface area contributed by atoms with Crippen molar-refractivity contribution in [3.63, 3.8) is 0 Å². The van der Waals surface area contributed by atoms with Crippen LogP contribution in [0.4, 0.5) is 5.69 Å². The summed E-state index contributed by atoms with van der Waals surface area (Å²) in [5.74, 6) is 0.701. The van der Waals surface area contributed by atoms with Crippen LogP contribution in [0.3, 0.4) is 0 Å². The lowest BCUT2D eigenvalue weighted by Gasteiger charge is -2.14. The van der Waals surface area contributed by atoms with Gasteiger partial charge in [-0.2, -0.15) is 0 Å². The molecule has 0 spiro atoms. The fourth-order valence-electron chi connectivity index (χ4n) is 2.87. The van der Waals surface area contributed by atoms with Gasteiger partial charge in [-0.05, 0) is 37.7 Å². The third kappa shape index (κ3) is 3.49. The van der Waals surface area contributed by atoms with Gasteiger partial charge in [-0.3, -0.25) is 0 Å². The van der Waals surface area contributed by atoms with Crippen LogP contribution in [0, 0.1) is 6.92 Å². The monoisotopic (exact) mass is 371 g/mol. The maximum Gasteiger partial charge on any atom is 0.240 e. The van der Waals surface area contributed by atoms with Gasteiger partial charge in [0.25, 0.3) is 0 Å². The van der Waals surface area contributed by atoms with Crippen LogP contribution in [0.5, 0.6) is 5.75 Å². The van der Waals surface area contributed by atoms with Gasteiger partial charge in [0.05, 0.1) is 12.0 Å². The molecule has 0 saturated heterocycles. The summed E-state index contributed by atoms with van der Waals surface area (Å²) in [5, 5.41) is 4.27. The van der Waals surface area contributed by atoms with Gasteiger partial charge in [0.2, 0.25) is 10.0 Å². The number of nitrogens with zero attached hydrogens (tertiary/aromatic N) is 1. The molecule has 2 N–H and O–H groups in total. The lowest BCUT2D eigenvalue weighted by atomic mass is 10.1. The van der Waals surface area contributed by atoms with Crippen LogP contribution in [-0.4, -0.2) is 27.6 Å². The Bertz CT molecular complexity index is 1050. The molecule has 0 fully saturated rings. The van der Waals surface area contributed by atoms with Crippen molar-refractivity contribution in [2.24, 2.45) is 0 Å². The van der Waals surface area contributed by atoms with Crippen molar-refractivity contribution in [1.82, 2.24) is 9.71 Å². The standard InChI is InChI=1S/C19H21N3O3S/c1-13-11-16(15-8-6-9-17(25-3)19(15)22-13)21-12-14-7-4-5-10-18(14)26(23,24)20-2/h4-11,20H,12H2,1-3H3,(H,21,22). The van der Waals surface area contributed by atoms with E-state index in [1.165, 1.54) is 7.05 Å². The highest BCUT2D eigenvalue weighted by molar-refractivity contribution is 7.89. The van der Waals surface area contributed by atoms with Gasteiger partial charge in [-0.15, -0.1) is 0 Å². The maximum absolute atomic E-state index is 12.2. The first-order valence-electron chi connectivity index (χ1n) is 8.16. The number of methoxy groups -OCH3 is 1. The van der Waals surface area contributed by atoms with Crippen LogP contribution in [0.15, 0.2) is 53.4 Å². The zero-order valence-corrected chi connectivity index (χ0v) is 15.7. The Morgan fingerprint density at radius 2 is 1.88 bits per heavy atom. The molecule has 0 aliphatic carbocycles. The van der Waals surface area contributed by atoms with Gasteiger partial charge < -0.3 is 10.1 Å². The molecular formula is C19H21N3O3S. The number of benzene rings is 2. The number of hydrogen-bond donors (Lipinski definition) is 2. The SMILES string of the molecule is CNS(=O)(=O)c1ccccc1CNc1cc(C)nc2c(OC)cccc12. The molecule has 0 unspecified atom stereocenters. The number of hydrogen-bond acceptors (Lipinski definition) is 5. The zero-order chi connectivity index (χ0) is 18.7. The molecule has 3 aromatic rings. The summed E-state index contributed by atoms with van der Waals surface area (Å²) in [5.41, 5.74) is 3.18. The summed E-state index contributed by atoms with van der Waals surface area (Å²) < 4.78 is 32.2. The molecule has 0 aliphatic rings. The second-order valence-electron chi connectivity index (χ2n) is 5.84. The molecule has 7 heteroatoms. The minimum atomic E-state index is -3.52. The number of anilines is 1. The lowest BCUT2D eigenvalue weighted by molar-refractivity contribution is 0.419. The van der Waals surface area contributed by atoms with Crippen molar-refractivity contribution in [2.45, 2.75) is 18.4 Å². The summed E-state index contributed by atoms with van der Waals surface area (Å²) in [6.45, 7) is 2.28. The van der Waals surface area contributed by atoms with Crippen molar-refractivity contribution >= 4 is 26.6 Å². The number of sulfonamides is 1. The van der Waals surface area contributed by atoms with E-state index in [0.717, 1.165) is 22.3 Å². The van der Waals surface area contributed by atoms with E-state index in [2.05, 4.69) is 15.0 Å². The molecule has 1 heterocycles. The summed E-state index contributed by atoms with van der Waals surface area (Å²) in [4.78, 5) is 4.83. The van der Waals surface area contributed by atoms with Crippen LogP contribution in [-0.2, 0) is 16.6 Å². The molecular weight excluding hydrogens is 350 g/mol. The Balaban J connectivity index is 2.00. The van der Waals surface area contributed by atoms with Crippen molar-refractivity contribution in [3.05, 3.63) is 59.8 Å². The number of para-hydroxylation sites is 1. The van der Waals surface area contributed by atoms with E-state index in [4.69, 9.17) is 4.74 Å². The van der Waals surface area contributed by atoms with Crippen molar-refractivity contribution in [3.8, 4) is 5.75 Å². The topological polar surface area (TPSA) is 80.3 Å². The van der Waals surface area contributed by atoms with Crippen molar-refractivity contribution in [2.75, 3.05) is 19.5 Å². The summed E-state index contributed by atoms with van der Waals surface area (Å²) in [6, 6.07) is 14.6. The van der Waals surface area contributed by atoms with E-state index in [1.54, 1.807) is 25.3 Å². The first-order valence-corrected chi connectivity index (χ1v) is 9.64. The lowest BCUT2D eigenvalue weighted by Crippen LogP contribution is -2.20. The van der Waals surface area contributed by atoms with Crippen LogP contribution in [0.1, 0.15) is 11.3 Å². The molecule has 0 saturated carbocycles. The van der Waals surface area contributed by atoms with Crippen LogP contribution < -0.4 is 14.8 Å². The number of aromatic nitrogens is 1. The second kappa shape index (κ2) is 7.31. The smallest absolute Gasteiger partial charge is 0.240 e. The fraction of sp³-hybridized carbons (Fsp3) is 0.211. The highest BCUT2D eigenvalue weighted by atomic mass is 32.2. The molecule has 1 aromatic heterocycles. The fourth-order valence-corrected chi connectivity index (χ4v) is 3.84. The third-order valence-electron chi connectivity index (χ3n) is 4.15. The van der Waals surface area contributed by atoms with Gasteiger partial charge >= 0.3 is 0 Å². The van der Waals surface area contributed by atoms with E-state index in [9.17, 15) is 8.42 Å². The molecule has 0 radical (unpaired) electrons. The van der Waals surface area contributed by atoms with Gasteiger partial charge in [-0.1, -0.05) is 30.3 Å². The number of nitrogens with one attached hydrogen (secondary N) is 2. The zero-order valence-electron chi connectivity index (χ0n) is 14.9. The van der Waals surface area contributed by atoms with Gasteiger partial charge in [0, 0.05) is 23.3 Å². The number of ether oxygens (including phenoxy) is 1. The van der Waals surface area contributed by atoms with Gasteiger partial charge in [-0.25, -0.2) is 18.1 Å². The van der Waals surface area contributed by atoms with Crippen molar-refractivity contribution < 1.29 is 13.2 Å².